The lowest BCUT2D eigenvalue weighted by Crippen LogP contribution is -1.93. The summed E-state index contributed by atoms with van der Waals surface area (Å²) in [5.41, 5.74) is 2.93. The first-order valence-electron chi connectivity index (χ1n) is 4.69. The van der Waals surface area contributed by atoms with Gasteiger partial charge in [-0.3, -0.25) is 4.98 Å². The Morgan fingerprint density at radius 2 is 2.20 bits per heavy atom. The topological polar surface area (TPSA) is 22.1 Å². The van der Waals surface area contributed by atoms with Gasteiger partial charge in [0.25, 0.3) is 0 Å². The maximum Gasteiger partial charge on any atom is 0.137 e. The van der Waals surface area contributed by atoms with E-state index < -0.39 is 0 Å². The fourth-order valence-electron chi connectivity index (χ4n) is 1.33. The summed E-state index contributed by atoms with van der Waals surface area (Å²) in [6.07, 6.45) is 7.07. The van der Waals surface area contributed by atoms with Crippen LogP contribution in [0, 0.1) is 6.92 Å². The van der Waals surface area contributed by atoms with Crippen LogP contribution in [0.5, 0.6) is 5.75 Å². The second kappa shape index (κ2) is 5.15. The Bertz CT molecular complexity index is 405. The van der Waals surface area contributed by atoms with E-state index in [9.17, 15) is 0 Å². The molecule has 0 aliphatic carbocycles. The van der Waals surface area contributed by atoms with Crippen LogP contribution < -0.4 is 4.74 Å². The molecule has 0 aromatic carbocycles. The number of pyridine rings is 1. The lowest BCUT2D eigenvalue weighted by Gasteiger charge is -2.07. The zero-order valence-corrected chi connectivity index (χ0v) is 9.16. The molecule has 0 saturated heterocycles. The van der Waals surface area contributed by atoms with Crippen molar-refractivity contribution in [3.63, 3.8) is 0 Å². The zero-order valence-electron chi connectivity index (χ0n) is 9.16. The fraction of sp³-hybridized carbons (Fsp3) is 0.154. The molecule has 0 N–H and O–H groups in total. The van der Waals surface area contributed by atoms with Crippen LogP contribution in [0.3, 0.4) is 0 Å². The molecule has 78 valence electrons. The first kappa shape index (κ1) is 11.2. The van der Waals surface area contributed by atoms with Gasteiger partial charge >= 0.3 is 0 Å². The molecule has 0 saturated carbocycles. The number of hydrogen-bond donors (Lipinski definition) is 0. The average molecular weight is 201 g/mol. The van der Waals surface area contributed by atoms with Crippen molar-refractivity contribution in [1.82, 2.24) is 4.98 Å². The van der Waals surface area contributed by atoms with Crippen LogP contribution in [-0.2, 0) is 0 Å². The van der Waals surface area contributed by atoms with Crippen LogP contribution >= 0.6 is 0 Å². The molecular formula is C13H15NO. The van der Waals surface area contributed by atoms with Gasteiger partial charge in [0.1, 0.15) is 5.75 Å². The molecular weight excluding hydrogens is 186 g/mol. The van der Waals surface area contributed by atoms with E-state index >= 15 is 0 Å². The van der Waals surface area contributed by atoms with Gasteiger partial charge in [-0.1, -0.05) is 31.4 Å². The summed E-state index contributed by atoms with van der Waals surface area (Å²) in [5, 5.41) is 0. The van der Waals surface area contributed by atoms with Gasteiger partial charge in [-0.05, 0) is 24.1 Å². The Kier molecular flexibility index (Phi) is 3.86. The molecule has 1 aromatic heterocycles. The molecule has 1 rings (SSSR count). The number of aryl methyl sites for hydroxylation is 1. The quantitative estimate of drug-likeness (QED) is 0.698. The molecule has 0 atom stereocenters. The van der Waals surface area contributed by atoms with Crippen molar-refractivity contribution in [2.75, 3.05) is 7.11 Å². The molecule has 2 heteroatoms. The van der Waals surface area contributed by atoms with E-state index in [1.165, 1.54) is 0 Å². The Balaban J connectivity index is 3.20. The van der Waals surface area contributed by atoms with Gasteiger partial charge in [0, 0.05) is 0 Å². The highest BCUT2D eigenvalue weighted by molar-refractivity contribution is 5.74. The van der Waals surface area contributed by atoms with Crippen LogP contribution in [0.2, 0.25) is 0 Å². The van der Waals surface area contributed by atoms with E-state index in [-0.39, 0.29) is 0 Å². The summed E-state index contributed by atoms with van der Waals surface area (Å²) in [7, 11) is 1.63. The molecule has 0 unspecified atom stereocenters. The summed E-state index contributed by atoms with van der Waals surface area (Å²) < 4.78 is 5.10. The molecule has 15 heavy (non-hydrogen) atoms. The minimum Gasteiger partial charge on any atom is -0.495 e. The first-order valence-corrected chi connectivity index (χ1v) is 4.69. The third-order valence-corrected chi connectivity index (χ3v) is 2.08. The number of allylic oxidation sites excluding steroid dienone is 4. The standard InChI is InChI=1S/C13H15NO/c1-5-7-11(6-2)13-10(3)8-12(15-4)9-14-13/h5-9H,1-2H2,3-4H3/b11-7+. The highest BCUT2D eigenvalue weighted by atomic mass is 16.5. The smallest absolute Gasteiger partial charge is 0.137 e. The zero-order chi connectivity index (χ0) is 11.3. The molecule has 0 amide bonds. The predicted molar refractivity (Wildman–Crippen MR) is 63.9 cm³/mol. The number of rotatable bonds is 4. The van der Waals surface area contributed by atoms with Gasteiger partial charge in [-0.15, -0.1) is 0 Å². The Labute approximate surface area is 90.6 Å². The molecule has 1 aromatic rings. The van der Waals surface area contributed by atoms with E-state index in [1.54, 1.807) is 25.5 Å². The summed E-state index contributed by atoms with van der Waals surface area (Å²) in [6.45, 7) is 9.40. The molecule has 2 nitrogen and oxygen atoms in total. The minimum atomic E-state index is 0.762. The summed E-state index contributed by atoms with van der Waals surface area (Å²) in [4.78, 5) is 4.33. The van der Waals surface area contributed by atoms with Crippen LogP contribution in [-0.4, -0.2) is 12.1 Å². The van der Waals surface area contributed by atoms with E-state index in [4.69, 9.17) is 4.74 Å². The normalized spacial score (nSPS) is 10.9. The summed E-state index contributed by atoms with van der Waals surface area (Å²) >= 11 is 0. The number of aromatic nitrogens is 1. The molecule has 1 heterocycles. The van der Waals surface area contributed by atoms with Crippen LogP contribution in [0.4, 0.5) is 0 Å². The van der Waals surface area contributed by atoms with Gasteiger partial charge in [0.2, 0.25) is 0 Å². The van der Waals surface area contributed by atoms with Crippen molar-refractivity contribution in [2.45, 2.75) is 6.92 Å². The van der Waals surface area contributed by atoms with E-state index in [2.05, 4.69) is 18.1 Å². The van der Waals surface area contributed by atoms with E-state index in [1.807, 2.05) is 19.1 Å². The van der Waals surface area contributed by atoms with Crippen molar-refractivity contribution in [1.29, 1.82) is 0 Å². The lowest BCUT2D eigenvalue weighted by molar-refractivity contribution is 0.412. The molecule has 0 spiro atoms. The Morgan fingerprint density at radius 1 is 1.47 bits per heavy atom. The Hall–Kier alpha value is -1.83. The van der Waals surface area contributed by atoms with Gasteiger partial charge < -0.3 is 4.74 Å². The number of hydrogen-bond acceptors (Lipinski definition) is 2. The SMILES string of the molecule is C=C/C=C(\C=C)c1ncc(OC)cc1C. The third kappa shape index (κ3) is 2.56. The number of nitrogens with zero attached hydrogens (tertiary/aromatic N) is 1. The van der Waals surface area contributed by atoms with Gasteiger partial charge in [-0.2, -0.15) is 0 Å². The molecule has 0 radical (unpaired) electrons. The average Bonchev–Trinajstić information content (AvgIpc) is 2.26. The van der Waals surface area contributed by atoms with Crippen molar-refractivity contribution in [3.8, 4) is 5.75 Å². The second-order valence-corrected chi connectivity index (χ2v) is 3.10. The van der Waals surface area contributed by atoms with Crippen molar-refractivity contribution >= 4 is 5.57 Å². The van der Waals surface area contributed by atoms with Gasteiger partial charge in [0.05, 0.1) is 19.0 Å². The molecule has 0 bridgehead atoms. The van der Waals surface area contributed by atoms with Crippen LogP contribution in [0.15, 0.2) is 43.6 Å². The minimum absolute atomic E-state index is 0.762. The summed E-state index contributed by atoms with van der Waals surface area (Å²) in [6, 6.07) is 1.95. The maximum atomic E-state index is 5.10. The monoisotopic (exact) mass is 201 g/mol. The van der Waals surface area contributed by atoms with E-state index in [0.29, 0.717) is 0 Å². The number of methoxy groups -OCH3 is 1. The maximum absolute atomic E-state index is 5.10. The second-order valence-electron chi connectivity index (χ2n) is 3.10. The summed E-state index contributed by atoms with van der Waals surface area (Å²) in [5.74, 6) is 0.762. The fourth-order valence-corrected chi connectivity index (χ4v) is 1.33. The van der Waals surface area contributed by atoms with Crippen molar-refractivity contribution in [2.24, 2.45) is 0 Å². The van der Waals surface area contributed by atoms with Crippen molar-refractivity contribution < 1.29 is 4.74 Å². The molecule has 0 aliphatic heterocycles. The van der Waals surface area contributed by atoms with E-state index in [0.717, 1.165) is 22.6 Å². The molecule has 0 fully saturated rings. The highest BCUT2D eigenvalue weighted by Crippen LogP contribution is 2.21. The van der Waals surface area contributed by atoms with Crippen LogP contribution in [0.1, 0.15) is 11.3 Å². The lowest BCUT2D eigenvalue weighted by atomic mass is 10.1. The molecule has 0 aliphatic rings. The van der Waals surface area contributed by atoms with Gasteiger partial charge in [0.15, 0.2) is 0 Å². The van der Waals surface area contributed by atoms with Crippen molar-refractivity contribution in [3.05, 3.63) is 54.9 Å². The van der Waals surface area contributed by atoms with Crippen LogP contribution in [0.25, 0.3) is 5.57 Å². The van der Waals surface area contributed by atoms with Gasteiger partial charge in [-0.25, -0.2) is 0 Å². The first-order chi connectivity index (χ1) is 7.22. The Morgan fingerprint density at radius 3 is 2.67 bits per heavy atom. The highest BCUT2D eigenvalue weighted by Gasteiger charge is 2.04. The predicted octanol–water partition coefficient (Wildman–Crippen LogP) is 3.15. The number of ether oxygens (including phenoxy) is 1. The largest absolute Gasteiger partial charge is 0.495 e. The third-order valence-electron chi connectivity index (χ3n) is 2.08.